The highest BCUT2D eigenvalue weighted by Gasteiger charge is 2.44. The van der Waals surface area contributed by atoms with Crippen LogP contribution in [0.15, 0.2) is 23.8 Å². The molecule has 0 aromatic heterocycles. The van der Waals surface area contributed by atoms with Crippen molar-refractivity contribution in [3.63, 3.8) is 0 Å². The van der Waals surface area contributed by atoms with E-state index in [2.05, 4.69) is 4.74 Å². The van der Waals surface area contributed by atoms with Crippen molar-refractivity contribution in [3.8, 4) is 11.5 Å². The number of fused-ring (bicyclic) bond motifs is 1. The molecule has 0 fully saturated rings. The zero-order valence-electron chi connectivity index (χ0n) is 11.7. The number of hydrogen-bond donors (Lipinski definition) is 1. The van der Waals surface area contributed by atoms with E-state index < -0.39 is 42.1 Å². The summed E-state index contributed by atoms with van der Waals surface area (Å²) in [4.78, 5) is 11.2. The van der Waals surface area contributed by atoms with E-state index in [1.165, 1.54) is 0 Å². The molecule has 126 valence electrons. The quantitative estimate of drug-likeness (QED) is 0.854. The summed E-state index contributed by atoms with van der Waals surface area (Å²) < 4.78 is 72.4. The predicted molar refractivity (Wildman–Crippen MR) is 68.6 cm³/mol. The van der Waals surface area contributed by atoms with E-state index >= 15 is 0 Å². The molecule has 0 aliphatic carbocycles. The number of rotatable bonds is 4. The van der Waals surface area contributed by atoms with Crippen molar-refractivity contribution < 1.29 is 41.3 Å². The first-order valence-electron chi connectivity index (χ1n) is 6.30. The molecule has 1 aromatic carbocycles. The highest BCUT2D eigenvalue weighted by atomic mass is 19.4. The number of carboxylic acids is 1. The number of ether oxygens (including phenoxy) is 2. The minimum absolute atomic E-state index is 0.0462. The number of aliphatic carboxylic acids is 1. The predicted octanol–water partition coefficient (Wildman–Crippen LogP) is 3.51. The summed E-state index contributed by atoms with van der Waals surface area (Å²) in [6.07, 6.45) is -5.72. The molecule has 1 aliphatic heterocycles. The number of carboxylic acid groups (broad SMARTS) is 1. The summed E-state index contributed by atoms with van der Waals surface area (Å²) in [5.41, 5.74) is -3.26. The maximum Gasteiger partial charge on any atom is 0.573 e. The van der Waals surface area contributed by atoms with Gasteiger partial charge in [0.25, 0.3) is 0 Å². The van der Waals surface area contributed by atoms with E-state index in [0.717, 1.165) is 31.2 Å². The number of benzene rings is 1. The number of halogens is 5. The van der Waals surface area contributed by atoms with E-state index in [9.17, 15) is 26.7 Å². The molecule has 2 unspecified atom stereocenters. The number of alkyl halides is 5. The normalized spacial score (nSPS) is 19.9. The first-order valence-corrected chi connectivity index (χ1v) is 6.30. The van der Waals surface area contributed by atoms with Crippen LogP contribution in [0.4, 0.5) is 22.0 Å². The van der Waals surface area contributed by atoms with Crippen LogP contribution in [0.25, 0.3) is 6.08 Å². The van der Waals surface area contributed by atoms with E-state index in [4.69, 9.17) is 9.84 Å². The van der Waals surface area contributed by atoms with Crippen LogP contribution < -0.4 is 9.47 Å². The van der Waals surface area contributed by atoms with Crippen LogP contribution in [0.2, 0.25) is 0 Å². The summed E-state index contributed by atoms with van der Waals surface area (Å²) in [5.74, 6) is -2.24. The van der Waals surface area contributed by atoms with Gasteiger partial charge in [-0.05, 0) is 31.2 Å². The lowest BCUT2D eigenvalue weighted by Crippen LogP contribution is -2.45. The molecule has 4 nitrogen and oxygen atoms in total. The zero-order chi connectivity index (χ0) is 17.4. The standard InChI is InChI=1S/C14H11F5O4/c1-13(16,6-15)11-9(12(20)21)5-7-4-8(23-14(17,18)19)2-3-10(7)22-11/h2-5,11H,6H2,1H3,(H,20,21). The molecule has 0 spiro atoms. The fraction of sp³-hybridized carbons (Fsp3) is 0.357. The van der Waals surface area contributed by atoms with Gasteiger partial charge in [-0.2, -0.15) is 0 Å². The molecule has 0 saturated heterocycles. The smallest absolute Gasteiger partial charge is 0.481 e. The molecule has 0 amide bonds. The lowest BCUT2D eigenvalue weighted by atomic mass is 9.91. The molecule has 1 heterocycles. The molecule has 0 saturated carbocycles. The van der Waals surface area contributed by atoms with Gasteiger partial charge in [-0.1, -0.05) is 0 Å². The molecule has 1 aromatic rings. The van der Waals surface area contributed by atoms with Gasteiger partial charge in [0.2, 0.25) is 0 Å². The molecule has 1 N–H and O–H groups in total. The van der Waals surface area contributed by atoms with E-state index in [1.54, 1.807) is 0 Å². The Morgan fingerprint density at radius 1 is 1.35 bits per heavy atom. The third-order valence-electron chi connectivity index (χ3n) is 3.11. The second-order valence-corrected chi connectivity index (χ2v) is 5.06. The molecular weight excluding hydrogens is 327 g/mol. The minimum Gasteiger partial charge on any atom is -0.481 e. The molecule has 23 heavy (non-hydrogen) atoms. The maximum atomic E-state index is 14.1. The van der Waals surface area contributed by atoms with Gasteiger partial charge < -0.3 is 14.6 Å². The maximum absolute atomic E-state index is 14.1. The van der Waals surface area contributed by atoms with Crippen molar-refractivity contribution in [2.75, 3.05) is 6.67 Å². The summed E-state index contributed by atoms with van der Waals surface area (Å²) in [5, 5.41) is 9.10. The van der Waals surface area contributed by atoms with E-state index in [0.29, 0.717) is 0 Å². The molecule has 2 atom stereocenters. The average molecular weight is 338 g/mol. The lowest BCUT2D eigenvalue weighted by molar-refractivity contribution is -0.274. The van der Waals surface area contributed by atoms with Gasteiger partial charge in [-0.25, -0.2) is 13.6 Å². The summed E-state index contributed by atoms with van der Waals surface area (Å²) in [6.45, 7) is -0.659. The van der Waals surface area contributed by atoms with Gasteiger partial charge in [0.15, 0.2) is 11.8 Å². The number of carbonyl (C=O) groups is 1. The Labute approximate surface area is 127 Å². The van der Waals surface area contributed by atoms with Crippen molar-refractivity contribution in [2.45, 2.75) is 25.1 Å². The second kappa shape index (κ2) is 5.71. The Balaban J connectivity index is 2.44. The zero-order valence-corrected chi connectivity index (χ0v) is 11.7. The SMILES string of the molecule is CC(F)(CF)C1Oc2ccc(OC(F)(F)F)cc2C=C1C(=O)O. The van der Waals surface area contributed by atoms with Gasteiger partial charge in [-0.3, -0.25) is 0 Å². The Hall–Kier alpha value is -2.32. The molecule has 9 heteroatoms. The number of hydrogen-bond acceptors (Lipinski definition) is 3. The van der Waals surface area contributed by atoms with Crippen LogP contribution in [0, 0.1) is 0 Å². The summed E-state index contributed by atoms with van der Waals surface area (Å²) in [7, 11) is 0. The molecular formula is C14H11F5O4. The van der Waals surface area contributed by atoms with Crippen molar-refractivity contribution in [1.82, 2.24) is 0 Å². The third-order valence-corrected chi connectivity index (χ3v) is 3.11. The highest BCUT2D eigenvalue weighted by molar-refractivity contribution is 5.95. The highest BCUT2D eigenvalue weighted by Crippen LogP contribution is 2.38. The first kappa shape index (κ1) is 17.0. The van der Waals surface area contributed by atoms with Gasteiger partial charge in [0, 0.05) is 5.56 Å². The Morgan fingerprint density at radius 2 is 2.00 bits per heavy atom. The van der Waals surface area contributed by atoms with Crippen molar-refractivity contribution in [3.05, 3.63) is 29.3 Å². The Kier molecular flexibility index (Phi) is 4.23. The summed E-state index contributed by atoms with van der Waals surface area (Å²) in [6, 6.07) is 2.88. The Bertz CT molecular complexity index is 651. The molecule has 1 aliphatic rings. The summed E-state index contributed by atoms with van der Waals surface area (Å²) >= 11 is 0. The van der Waals surface area contributed by atoms with Crippen molar-refractivity contribution in [2.24, 2.45) is 0 Å². The van der Waals surface area contributed by atoms with Crippen molar-refractivity contribution in [1.29, 1.82) is 0 Å². The molecule has 2 rings (SSSR count). The first-order chi connectivity index (χ1) is 10.5. The van der Waals surface area contributed by atoms with Crippen LogP contribution in [0.1, 0.15) is 12.5 Å². The van der Waals surface area contributed by atoms with Crippen LogP contribution in [-0.2, 0) is 4.79 Å². The van der Waals surface area contributed by atoms with Gasteiger partial charge in [0.05, 0.1) is 5.57 Å². The fourth-order valence-electron chi connectivity index (χ4n) is 2.07. The lowest BCUT2D eigenvalue weighted by Gasteiger charge is -2.32. The van der Waals surface area contributed by atoms with E-state index in [1.807, 2.05) is 0 Å². The fourth-order valence-corrected chi connectivity index (χ4v) is 2.07. The van der Waals surface area contributed by atoms with Crippen LogP contribution in [0.3, 0.4) is 0 Å². The van der Waals surface area contributed by atoms with E-state index in [-0.39, 0.29) is 11.3 Å². The average Bonchev–Trinajstić information content (AvgIpc) is 2.44. The van der Waals surface area contributed by atoms with Crippen LogP contribution in [0.5, 0.6) is 11.5 Å². The van der Waals surface area contributed by atoms with Crippen LogP contribution in [-0.4, -0.2) is 35.9 Å². The second-order valence-electron chi connectivity index (χ2n) is 5.06. The molecule has 0 radical (unpaired) electrons. The van der Waals surface area contributed by atoms with Crippen molar-refractivity contribution >= 4 is 12.0 Å². The van der Waals surface area contributed by atoms with Gasteiger partial charge in [-0.15, -0.1) is 13.2 Å². The third kappa shape index (κ3) is 3.72. The Morgan fingerprint density at radius 3 is 2.52 bits per heavy atom. The van der Waals surface area contributed by atoms with Gasteiger partial charge >= 0.3 is 12.3 Å². The molecule has 0 bridgehead atoms. The minimum atomic E-state index is -4.92. The monoisotopic (exact) mass is 338 g/mol. The van der Waals surface area contributed by atoms with Crippen LogP contribution >= 0.6 is 0 Å². The largest absolute Gasteiger partial charge is 0.573 e. The topological polar surface area (TPSA) is 55.8 Å². The van der Waals surface area contributed by atoms with Gasteiger partial charge in [0.1, 0.15) is 18.2 Å².